The van der Waals surface area contributed by atoms with Crippen molar-refractivity contribution in [3.05, 3.63) is 71.9 Å². The lowest BCUT2D eigenvalue weighted by atomic mass is 10.1. The van der Waals surface area contributed by atoms with Gasteiger partial charge in [0.15, 0.2) is 0 Å². The van der Waals surface area contributed by atoms with Crippen LogP contribution >= 0.6 is 0 Å². The van der Waals surface area contributed by atoms with Crippen LogP contribution in [0.3, 0.4) is 0 Å². The van der Waals surface area contributed by atoms with Crippen molar-refractivity contribution in [3.63, 3.8) is 0 Å². The van der Waals surface area contributed by atoms with Gasteiger partial charge in [-0.15, -0.1) is 0 Å². The first-order valence-electron chi connectivity index (χ1n) is 9.31. The van der Waals surface area contributed by atoms with Gasteiger partial charge in [-0.2, -0.15) is 0 Å². The number of carbonyl (C=O) groups is 1. The molecule has 6 nitrogen and oxygen atoms in total. The van der Waals surface area contributed by atoms with Crippen LogP contribution < -0.4 is 10.6 Å². The highest BCUT2D eigenvalue weighted by Gasteiger charge is 2.20. The molecular formula is C22H27N5O. The van der Waals surface area contributed by atoms with Crippen LogP contribution in [0.25, 0.3) is 5.70 Å². The summed E-state index contributed by atoms with van der Waals surface area (Å²) in [6, 6.07) is 17.7. The molecule has 0 spiro atoms. The molecule has 0 saturated carbocycles. The highest BCUT2D eigenvalue weighted by Crippen LogP contribution is 2.28. The van der Waals surface area contributed by atoms with Gasteiger partial charge in [0.05, 0.1) is 18.4 Å². The van der Waals surface area contributed by atoms with Crippen LogP contribution in [0.2, 0.25) is 0 Å². The van der Waals surface area contributed by atoms with Gasteiger partial charge in [0.1, 0.15) is 5.84 Å². The monoisotopic (exact) mass is 377 g/mol. The van der Waals surface area contributed by atoms with Gasteiger partial charge in [0.2, 0.25) is 0 Å². The van der Waals surface area contributed by atoms with Gasteiger partial charge in [-0.05, 0) is 38.4 Å². The number of aliphatic imine (C=N–C) groups is 1. The lowest BCUT2D eigenvalue weighted by Gasteiger charge is -2.29. The Morgan fingerprint density at radius 2 is 1.82 bits per heavy atom. The standard InChI is InChI=1S/C22H27N5O/c1-25(2)12-13-26(3)22(28)18-9-7-8-17(14-18)20-15-24-21(23)16-27(20)19-10-5-4-6-11-19/h4-11,14-15H,12-13,16H2,1-3H3,(H2,23,24). The van der Waals surface area contributed by atoms with E-state index in [-0.39, 0.29) is 5.91 Å². The van der Waals surface area contributed by atoms with E-state index in [1.807, 2.05) is 75.7 Å². The van der Waals surface area contributed by atoms with Gasteiger partial charge >= 0.3 is 0 Å². The number of para-hydroxylation sites is 1. The van der Waals surface area contributed by atoms with E-state index in [0.29, 0.717) is 24.5 Å². The van der Waals surface area contributed by atoms with E-state index >= 15 is 0 Å². The highest BCUT2D eigenvalue weighted by molar-refractivity contribution is 5.98. The first-order chi connectivity index (χ1) is 13.5. The van der Waals surface area contributed by atoms with Gasteiger partial charge in [0, 0.05) is 37.0 Å². The minimum atomic E-state index is 0.00869. The molecule has 0 bridgehead atoms. The molecule has 6 heteroatoms. The number of nitrogens with zero attached hydrogens (tertiary/aromatic N) is 4. The van der Waals surface area contributed by atoms with Crippen LogP contribution in [0.5, 0.6) is 0 Å². The van der Waals surface area contributed by atoms with Crippen LogP contribution in [-0.4, -0.2) is 62.3 Å². The molecule has 3 rings (SSSR count). The van der Waals surface area contributed by atoms with E-state index in [0.717, 1.165) is 23.5 Å². The predicted molar refractivity (Wildman–Crippen MR) is 115 cm³/mol. The molecule has 146 valence electrons. The summed E-state index contributed by atoms with van der Waals surface area (Å²) in [5, 5.41) is 0. The number of hydrogen-bond acceptors (Lipinski definition) is 5. The minimum Gasteiger partial charge on any atom is -0.386 e. The van der Waals surface area contributed by atoms with Crippen molar-refractivity contribution in [2.75, 3.05) is 45.7 Å². The molecule has 0 saturated heterocycles. The topological polar surface area (TPSA) is 65.2 Å². The summed E-state index contributed by atoms with van der Waals surface area (Å²) in [5.74, 6) is 0.567. The van der Waals surface area contributed by atoms with Gasteiger partial charge in [-0.25, -0.2) is 4.99 Å². The molecule has 0 radical (unpaired) electrons. The van der Waals surface area contributed by atoms with E-state index in [1.54, 1.807) is 11.1 Å². The maximum atomic E-state index is 12.8. The summed E-state index contributed by atoms with van der Waals surface area (Å²) in [5.41, 5.74) is 9.53. The van der Waals surface area contributed by atoms with Crippen molar-refractivity contribution in [2.45, 2.75) is 0 Å². The van der Waals surface area contributed by atoms with Crippen molar-refractivity contribution in [3.8, 4) is 0 Å². The predicted octanol–water partition coefficient (Wildman–Crippen LogP) is 2.50. The molecule has 1 amide bonds. The summed E-state index contributed by atoms with van der Waals surface area (Å²) < 4.78 is 0. The second kappa shape index (κ2) is 8.71. The lowest BCUT2D eigenvalue weighted by Crippen LogP contribution is -2.35. The Morgan fingerprint density at radius 3 is 2.54 bits per heavy atom. The number of amides is 1. The third-order valence-electron chi connectivity index (χ3n) is 4.67. The van der Waals surface area contributed by atoms with E-state index in [9.17, 15) is 4.79 Å². The zero-order valence-corrected chi connectivity index (χ0v) is 16.7. The SMILES string of the molecule is CN(C)CCN(C)C(=O)c1cccc(C2=CN=C(N)CN2c2ccccc2)c1. The Kier molecular flexibility index (Phi) is 6.11. The molecule has 2 N–H and O–H groups in total. The van der Waals surface area contributed by atoms with Gasteiger partial charge in [-0.3, -0.25) is 4.79 Å². The first-order valence-corrected chi connectivity index (χ1v) is 9.31. The molecular weight excluding hydrogens is 350 g/mol. The molecule has 1 heterocycles. The Hall–Kier alpha value is -3.12. The molecule has 2 aromatic carbocycles. The summed E-state index contributed by atoms with van der Waals surface area (Å²) in [6.45, 7) is 2.01. The third-order valence-corrected chi connectivity index (χ3v) is 4.67. The number of rotatable bonds is 6. The molecule has 1 aliphatic heterocycles. The molecule has 0 unspecified atom stereocenters. The maximum Gasteiger partial charge on any atom is 0.253 e. The number of hydrogen-bond donors (Lipinski definition) is 1. The average molecular weight is 377 g/mol. The first kappa shape index (κ1) is 19.6. The third kappa shape index (κ3) is 4.58. The summed E-state index contributed by atoms with van der Waals surface area (Å²) in [6.07, 6.45) is 1.77. The molecule has 2 aromatic rings. The van der Waals surface area contributed by atoms with Crippen molar-refractivity contribution in [1.29, 1.82) is 0 Å². The summed E-state index contributed by atoms with van der Waals surface area (Å²) in [4.78, 5) is 23.1. The fourth-order valence-corrected chi connectivity index (χ4v) is 3.05. The number of anilines is 1. The van der Waals surface area contributed by atoms with E-state index < -0.39 is 0 Å². The fraction of sp³-hybridized carbons (Fsp3) is 0.273. The minimum absolute atomic E-state index is 0.00869. The molecule has 0 aromatic heterocycles. The largest absolute Gasteiger partial charge is 0.386 e. The lowest BCUT2D eigenvalue weighted by molar-refractivity contribution is 0.0786. The van der Waals surface area contributed by atoms with Crippen molar-refractivity contribution in [2.24, 2.45) is 10.7 Å². The maximum absolute atomic E-state index is 12.8. The average Bonchev–Trinajstić information content (AvgIpc) is 2.72. The number of carbonyl (C=O) groups excluding carboxylic acids is 1. The van der Waals surface area contributed by atoms with Crippen LogP contribution in [-0.2, 0) is 0 Å². The van der Waals surface area contributed by atoms with E-state index in [2.05, 4.69) is 14.8 Å². The normalized spacial score (nSPS) is 13.9. The molecule has 0 aliphatic carbocycles. The van der Waals surface area contributed by atoms with E-state index in [4.69, 9.17) is 5.73 Å². The van der Waals surface area contributed by atoms with Crippen molar-refractivity contribution < 1.29 is 4.79 Å². The zero-order chi connectivity index (χ0) is 20.1. The fourth-order valence-electron chi connectivity index (χ4n) is 3.05. The van der Waals surface area contributed by atoms with Gasteiger partial charge < -0.3 is 20.4 Å². The summed E-state index contributed by atoms with van der Waals surface area (Å²) >= 11 is 0. The molecule has 0 atom stereocenters. The molecule has 1 aliphatic rings. The Bertz CT molecular complexity index is 889. The zero-order valence-electron chi connectivity index (χ0n) is 16.7. The smallest absolute Gasteiger partial charge is 0.253 e. The van der Waals surface area contributed by atoms with E-state index in [1.165, 1.54) is 0 Å². The van der Waals surface area contributed by atoms with Gasteiger partial charge in [0.25, 0.3) is 5.91 Å². The van der Waals surface area contributed by atoms with Crippen LogP contribution in [0, 0.1) is 0 Å². The van der Waals surface area contributed by atoms with Crippen LogP contribution in [0.4, 0.5) is 5.69 Å². The highest BCUT2D eigenvalue weighted by atomic mass is 16.2. The molecule has 28 heavy (non-hydrogen) atoms. The molecule has 0 fully saturated rings. The Balaban J connectivity index is 1.88. The number of amidine groups is 1. The second-order valence-corrected chi connectivity index (χ2v) is 7.17. The second-order valence-electron chi connectivity index (χ2n) is 7.17. The Labute approximate surface area is 166 Å². The van der Waals surface area contributed by atoms with Crippen molar-refractivity contribution >= 4 is 23.1 Å². The van der Waals surface area contributed by atoms with Crippen molar-refractivity contribution in [1.82, 2.24) is 9.80 Å². The van der Waals surface area contributed by atoms with Gasteiger partial charge in [-0.1, -0.05) is 30.3 Å². The number of nitrogens with two attached hydrogens (primary N) is 1. The van der Waals surface area contributed by atoms with Crippen LogP contribution in [0.1, 0.15) is 15.9 Å². The summed E-state index contributed by atoms with van der Waals surface area (Å²) in [7, 11) is 5.83. The van der Waals surface area contributed by atoms with Crippen LogP contribution in [0.15, 0.2) is 65.8 Å². The Morgan fingerprint density at radius 1 is 1.07 bits per heavy atom. The number of benzene rings is 2. The quantitative estimate of drug-likeness (QED) is 0.840. The number of likely N-dealkylation sites (N-methyl/N-ethyl adjacent to an activating group) is 2.